The van der Waals surface area contributed by atoms with Crippen LogP contribution in [0, 0.1) is 11.8 Å². The zero-order chi connectivity index (χ0) is 23.5. The number of rotatable bonds is 9. The lowest BCUT2D eigenvalue weighted by molar-refractivity contribution is -0.142. The molecule has 1 heterocycles. The summed E-state index contributed by atoms with van der Waals surface area (Å²) in [4.78, 5) is 10.7. The second-order valence-electron chi connectivity index (χ2n) is 9.74. The predicted octanol–water partition coefficient (Wildman–Crippen LogP) is 6.66. The Morgan fingerprint density at radius 2 is 1.68 bits per heavy atom. The summed E-state index contributed by atoms with van der Waals surface area (Å²) < 4.78 is 7.60. The Morgan fingerprint density at radius 3 is 2.35 bits per heavy atom. The van der Waals surface area contributed by atoms with E-state index >= 15 is 0 Å². The van der Waals surface area contributed by atoms with E-state index in [1.54, 1.807) is 0 Å². The molecule has 0 unspecified atom stereocenters. The van der Waals surface area contributed by atoms with Crippen molar-refractivity contribution in [1.82, 2.24) is 9.78 Å². The van der Waals surface area contributed by atoms with Gasteiger partial charge in [-0.25, -0.2) is 4.79 Å². The molecule has 1 aromatic heterocycles. The van der Waals surface area contributed by atoms with E-state index in [0.29, 0.717) is 24.4 Å². The van der Waals surface area contributed by atoms with Crippen molar-refractivity contribution in [2.45, 2.75) is 51.0 Å². The van der Waals surface area contributed by atoms with Crippen molar-refractivity contribution < 1.29 is 14.6 Å². The summed E-state index contributed by atoms with van der Waals surface area (Å²) in [5, 5.41) is 14.8. The summed E-state index contributed by atoms with van der Waals surface area (Å²) in [6, 6.07) is 18.7. The van der Waals surface area contributed by atoms with E-state index in [9.17, 15) is 4.79 Å². The van der Waals surface area contributed by atoms with Gasteiger partial charge < -0.3 is 9.84 Å². The molecule has 0 amide bonds. The molecule has 0 aliphatic heterocycles. The van der Waals surface area contributed by atoms with Crippen LogP contribution in [0.15, 0.2) is 54.6 Å². The van der Waals surface area contributed by atoms with Gasteiger partial charge in [-0.1, -0.05) is 54.1 Å². The quantitative estimate of drug-likeness (QED) is 0.373. The number of nitrogens with zero attached hydrogens (tertiary/aromatic N) is 2. The molecule has 3 aromatic rings. The topological polar surface area (TPSA) is 64.3 Å². The van der Waals surface area contributed by atoms with E-state index in [4.69, 9.17) is 26.5 Å². The molecular weight excluding hydrogens is 448 g/mol. The molecule has 34 heavy (non-hydrogen) atoms. The van der Waals surface area contributed by atoms with E-state index in [-0.39, 0.29) is 6.61 Å². The Morgan fingerprint density at radius 1 is 0.971 bits per heavy atom. The Bertz CT molecular complexity index is 1130. The minimum atomic E-state index is -0.900. The van der Waals surface area contributed by atoms with Crippen molar-refractivity contribution in [2.24, 2.45) is 11.8 Å². The zero-order valence-electron chi connectivity index (χ0n) is 19.3. The fourth-order valence-corrected chi connectivity index (χ4v) is 5.40. The van der Waals surface area contributed by atoms with Gasteiger partial charge in [-0.05, 0) is 68.1 Å². The first-order valence-electron chi connectivity index (χ1n) is 12.3. The number of ether oxygens (including phenoxy) is 1. The van der Waals surface area contributed by atoms with Crippen molar-refractivity contribution >= 4 is 17.6 Å². The highest BCUT2D eigenvalue weighted by molar-refractivity contribution is 6.30. The Hall–Kier alpha value is -2.63. The van der Waals surface area contributed by atoms with Crippen LogP contribution in [0.5, 0.6) is 0 Å². The third-order valence-electron chi connectivity index (χ3n) is 7.08. The molecule has 0 saturated heterocycles. The molecule has 0 atom stereocenters. The fraction of sp³-hybridized carbons (Fsp3) is 0.429. The number of benzene rings is 2. The van der Waals surface area contributed by atoms with Gasteiger partial charge >= 0.3 is 5.97 Å². The van der Waals surface area contributed by atoms with Crippen LogP contribution in [0.1, 0.15) is 50.1 Å². The van der Waals surface area contributed by atoms with E-state index in [0.717, 1.165) is 42.8 Å². The van der Waals surface area contributed by atoms with Crippen LogP contribution >= 0.6 is 11.6 Å². The molecule has 0 radical (unpaired) electrons. The first kappa shape index (κ1) is 23.1. The summed E-state index contributed by atoms with van der Waals surface area (Å²) in [6.07, 6.45) is 6.76. The van der Waals surface area contributed by atoms with Gasteiger partial charge in [-0.3, -0.25) is 4.68 Å². The molecule has 5 nitrogen and oxygen atoms in total. The van der Waals surface area contributed by atoms with E-state index in [1.165, 1.54) is 35.4 Å². The normalized spacial score (nSPS) is 20.4. The first-order chi connectivity index (χ1) is 16.6. The van der Waals surface area contributed by atoms with Crippen LogP contribution < -0.4 is 0 Å². The van der Waals surface area contributed by atoms with E-state index < -0.39 is 5.97 Å². The Kier molecular flexibility index (Phi) is 7.02. The van der Waals surface area contributed by atoms with Crippen LogP contribution in [0.4, 0.5) is 0 Å². The Balaban J connectivity index is 1.42. The number of carbonyl (C=O) groups is 1. The fourth-order valence-electron chi connectivity index (χ4n) is 5.21. The van der Waals surface area contributed by atoms with E-state index in [2.05, 4.69) is 47.1 Å². The van der Waals surface area contributed by atoms with Crippen molar-refractivity contribution in [1.29, 1.82) is 0 Å². The van der Waals surface area contributed by atoms with Crippen molar-refractivity contribution in [2.75, 3.05) is 13.2 Å². The lowest BCUT2D eigenvalue weighted by Crippen LogP contribution is -2.23. The molecule has 0 bridgehead atoms. The van der Waals surface area contributed by atoms with Crippen molar-refractivity contribution in [3.8, 4) is 22.4 Å². The molecule has 178 valence electrons. The van der Waals surface area contributed by atoms with Gasteiger partial charge in [0.25, 0.3) is 0 Å². The molecular formula is C28H31ClN2O3. The minimum absolute atomic E-state index is 0.204. The van der Waals surface area contributed by atoms with Crippen molar-refractivity contribution in [3.05, 3.63) is 65.3 Å². The van der Waals surface area contributed by atoms with E-state index in [1.807, 2.05) is 12.1 Å². The third kappa shape index (κ3) is 5.37. The molecule has 2 aliphatic rings. The predicted molar refractivity (Wildman–Crippen MR) is 134 cm³/mol. The van der Waals surface area contributed by atoms with Gasteiger partial charge in [0, 0.05) is 28.6 Å². The molecule has 2 saturated carbocycles. The van der Waals surface area contributed by atoms with Gasteiger partial charge in [0.2, 0.25) is 0 Å². The minimum Gasteiger partial charge on any atom is -0.480 e. The maximum Gasteiger partial charge on any atom is 0.329 e. The molecule has 2 fully saturated rings. The Labute approximate surface area is 205 Å². The standard InChI is InChI=1S/C28H31ClN2O3/c29-24-8-4-7-23(15-24)26-27(21-13-14-21)30-31(28(26)22-5-2-1-3-6-22)16-19-9-11-20(12-10-19)17-34-18-25(32)33/h1-8,15,19-21H,9-14,16-18H2,(H,32,33). The molecule has 1 N–H and O–H groups in total. The second kappa shape index (κ2) is 10.3. The SMILES string of the molecule is O=C(O)COCC1CCC(Cn2nc(C3CC3)c(-c3cccc(Cl)c3)c2-c2ccccc2)CC1. The molecule has 5 rings (SSSR count). The maximum atomic E-state index is 10.7. The van der Waals surface area contributed by atoms with Crippen LogP contribution in [-0.2, 0) is 16.1 Å². The van der Waals surface area contributed by atoms with Gasteiger partial charge in [-0.2, -0.15) is 5.10 Å². The summed E-state index contributed by atoms with van der Waals surface area (Å²) >= 11 is 6.40. The third-order valence-corrected chi connectivity index (χ3v) is 7.32. The smallest absolute Gasteiger partial charge is 0.329 e. The molecule has 2 aromatic carbocycles. The van der Waals surface area contributed by atoms with Crippen LogP contribution in [0.25, 0.3) is 22.4 Å². The number of hydrogen-bond acceptors (Lipinski definition) is 3. The average molecular weight is 479 g/mol. The highest BCUT2D eigenvalue weighted by Gasteiger charge is 2.33. The van der Waals surface area contributed by atoms with Crippen LogP contribution in [-0.4, -0.2) is 34.1 Å². The van der Waals surface area contributed by atoms with Gasteiger partial charge in [0.15, 0.2) is 0 Å². The number of carboxylic acids is 1. The lowest BCUT2D eigenvalue weighted by Gasteiger charge is -2.28. The van der Waals surface area contributed by atoms with Gasteiger partial charge in [-0.15, -0.1) is 0 Å². The average Bonchev–Trinajstić information content (AvgIpc) is 3.62. The lowest BCUT2D eigenvalue weighted by atomic mass is 9.82. The van der Waals surface area contributed by atoms with Gasteiger partial charge in [0.1, 0.15) is 6.61 Å². The number of hydrogen-bond donors (Lipinski definition) is 1. The monoisotopic (exact) mass is 478 g/mol. The summed E-state index contributed by atoms with van der Waals surface area (Å²) in [7, 11) is 0. The first-order valence-corrected chi connectivity index (χ1v) is 12.7. The summed E-state index contributed by atoms with van der Waals surface area (Å²) in [5.41, 5.74) is 5.95. The number of carboxylic acid groups (broad SMARTS) is 1. The van der Waals surface area contributed by atoms with Gasteiger partial charge in [0.05, 0.1) is 18.0 Å². The summed E-state index contributed by atoms with van der Waals surface area (Å²) in [6.45, 7) is 1.23. The van der Waals surface area contributed by atoms with Crippen LogP contribution in [0.3, 0.4) is 0 Å². The molecule has 6 heteroatoms. The number of halogens is 1. The van der Waals surface area contributed by atoms with Crippen LogP contribution in [0.2, 0.25) is 5.02 Å². The maximum absolute atomic E-state index is 10.7. The molecule has 2 aliphatic carbocycles. The number of aromatic nitrogens is 2. The highest BCUT2D eigenvalue weighted by atomic mass is 35.5. The summed E-state index contributed by atoms with van der Waals surface area (Å²) in [5.74, 6) is 0.630. The largest absolute Gasteiger partial charge is 0.480 e. The molecule has 0 spiro atoms. The van der Waals surface area contributed by atoms with Crippen molar-refractivity contribution in [3.63, 3.8) is 0 Å². The highest BCUT2D eigenvalue weighted by Crippen LogP contribution is 2.48. The zero-order valence-corrected chi connectivity index (χ0v) is 20.1. The second-order valence-corrected chi connectivity index (χ2v) is 10.2. The number of aliphatic carboxylic acids is 1.